The third-order valence-electron chi connectivity index (χ3n) is 5.78. The average Bonchev–Trinajstić information content (AvgIpc) is 2.99. The number of hydrogen-bond acceptors (Lipinski definition) is 2. The monoisotopic (exact) mass is 369 g/mol. The second kappa shape index (κ2) is 7.04. The van der Waals surface area contributed by atoms with Gasteiger partial charge in [-0.2, -0.15) is 0 Å². The predicted octanol–water partition coefficient (Wildman–Crippen LogP) is 3.95. The lowest BCUT2D eigenvalue weighted by molar-refractivity contribution is 0.0951. The summed E-state index contributed by atoms with van der Waals surface area (Å²) in [4.78, 5) is 18.4. The highest BCUT2D eigenvalue weighted by atomic mass is 16.1. The zero-order valence-electron chi connectivity index (χ0n) is 15.7. The van der Waals surface area contributed by atoms with Crippen molar-refractivity contribution < 1.29 is 4.79 Å². The van der Waals surface area contributed by atoms with Gasteiger partial charge in [0, 0.05) is 48.0 Å². The normalized spacial score (nSPS) is 15.6. The molecule has 4 heteroatoms. The number of nitrogens with one attached hydrogen (secondary N) is 2. The molecule has 0 bridgehead atoms. The average molecular weight is 369 g/mol. The van der Waals surface area contributed by atoms with Gasteiger partial charge in [-0.05, 0) is 59.9 Å². The van der Waals surface area contributed by atoms with Crippen molar-refractivity contribution in [1.29, 1.82) is 0 Å². The molecule has 3 aromatic rings. The van der Waals surface area contributed by atoms with E-state index in [0.717, 1.165) is 48.0 Å². The first-order valence-electron chi connectivity index (χ1n) is 9.86. The smallest absolute Gasteiger partial charge is 0.251 e. The molecule has 0 saturated heterocycles. The Labute approximate surface area is 164 Å². The molecule has 28 heavy (non-hydrogen) atoms. The summed E-state index contributed by atoms with van der Waals surface area (Å²) in [6, 6.07) is 14.3. The minimum Gasteiger partial charge on any atom is -0.371 e. The number of carbonyl (C=O) groups is 1. The zero-order chi connectivity index (χ0) is 18.9. The lowest BCUT2D eigenvalue weighted by atomic mass is 10.00. The molecule has 1 aromatic heterocycles. The Kier molecular flexibility index (Phi) is 4.24. The second-order valence-electron chi connectivity index (χ2n) is 7.46. The largest absolute Gasteiger partial charge is 0.371 e. The molecule has 140 valence electrons. The van der Waals surface area contributed by atoms with Gasteiger partial charge < -0.3 is 15.2 Å². The Morgan fingerprint density at radius 1 is 1.07 bits per heavy atom. The van der Waals surface area contributed by atoms with Crippen molar-refractivity contribution in [3.8, 4) is 0 Å². The lowest BCUT2D eigenvalue weighted by Crippen LogP contribution is -2.26. The molecule has 0 atom stereocenters. The Morgan fingerprint density at radius 3 is 2.71 bits per heavy atom. The first-order valence-corrected chi connectivity index (χ1v) is 9.86. The van der Waals surface area contributed by atoms with Crippen molar-refractivity contribution in [3.05, 3.63) is 94.8 Å². The third-order valence-corrected chi connectivity index (χ3v) is 5.78. The molecule has 0 fully saturated rings. The molecule has 0 radical (unpaired) electrons. The summed E-state index contributed by atoms with van der Waals surface area (Å²) in [6.45, 7) is 2.56. The highest BCUT2D eigenvalue weighted by Crippen LogP contribution is 2.23. The molecular weight excluding hydrogens is 346 g/mol. The van der Waals surface area contributed by atoms with Crippen LogP contribution < -0.4 is 5.32 Å². The van der Waals surface area contributed by atoms with E-state index < -0.39 is 0 Å². The van der Waals surface area contributed by atoms with Crippen LogP contribution in [-0.4, -0.2) is 28.9 Å². The van der Waals surface area contributed by atoms with Gasteiger partial charge in [-0.25, -0.2) is 0 Å². The molecule has 5 rings (SSSR count). The minimum absolute atomic E-state index is 0.0150. The van der Waals surface area contributed by atoms with E-state index >= 15 is 0 Å². The fraction of sp³-hybridized carbons (Fsp3) is 0.208. The summed E-state index contributed by atoms with van der Waals surface area (Å²) < 4.78 is 0. The minimum atomic E-state index is -0.0150. The number of nitrogens with zero attached hydrogens (tertiary/aromatic N) is 1. The van der Waals surface area contributed by atoms with Gasteiger partial charge >= 0.3 is 0 Å². The third kappa shape index (κ3) is 3.11. The Morgan fingerprint density at radius 2 is 1.89 bits per heavy atom. The molecule has 0 saturated carbocycles. The van der Waals surface area contributed by atoms with E-state index in [2.05, 4.69) is 51.6 Å². The van der Waals surface area contributed by atoms with Crippen molar-refractivity contribution in [2.75, 3.05) is 13.1 Å². The quantitative estimate of drug-likeness (QED) is 0.731. The number of H-pyrrole nitrogens is 1. The molecule has 1 amide bonds. The van der Waals surface area contributed by atoms with E-state index in [9.17, 15) is 4.79 Å². The maximum atomic E-state index is 12.7. The number of benzene rings is 2. The molecule has 1 aliphatic heterocycles. The van der Waals surface area contributed by atoms with Crippen LogP contribution in [0.4, 0.5) is 0 Å². The van der Waals surface area contributed by atoms with Crippen molar-refractivity contribution in [2.45, 2.75) is 19.4 Å². The van der Waals surface area contributed by atoms with Crippen LogP contribution in [0.5, 0.6) is 0 Å². The summed E-state index contributed by atoms with van der Waals surface area (Å²) >= 11 is 0. The first-order chi connectivity index (χ1) is 13.8. The maximum absolute atomic E-state index is 12.7. The predicted molar refractivity (Wildman–Crippen MR) is 112 cm³/mol. The van der Waals surface area contributed by atoms with Crippen LogP contribution in [0.3, 0.4) is 0 Å². The summed E-state index contributed by atoms with van der Waals surface area (Å²) in [7, 11) is 0. The van der Waals surface area contributed by atoms with E-state index in [-0.39, 0.29) is 5.91 Å². The van der Waals surface area contributed by atoms with Gasteiger partial charge in [0.25, 0.3) is 5.91 Å². The van der Waals surface area contributed by atoms with Gasteiger partial charge in [0.15, 0.2) is 0 Å². The summed E-state index contributed by atoms with van der Waals surface area (Å²) in [5, 5.41) is 4.23. The number of para-hydroxylation sites is 1. The number of aromatic nitrogens is 1. The number of rotatable bonds is 4. The number of fused-ring (bicyclic) bond motifs is 2. The fourth-order valence-corrected chi connectivity index (χ4v) is 4.07. The highest BCUT2D eigenvalue weighted by Gasteiger charge is 2.18. The molecule has 2 N–H and O–H groups in total. The molecule has 2 aromatic carbocycles. The molecule has 1 aliphatic carbocycles. The lowest BCUT2D eigenvalue weighted by Gasteiger charge is -2.26. The van der Waals surface area contributed by atoms with E-state index in [1.807, 2.05) is 30.5 Å². The Hall–Kier alpha value is -3.27. The molecule has 2 heterocycles. The van der Waals surface area contributed by atoms with Crippen molar-refractivity contribution in [2.24, 2.45) is 0 Å². The van der Waals surface area contributed by atoms with Crippen LogP contribution >= 0.6 is 0 Å². The van der Waals surface area contributed by atoms with E-state index in [0.29, 0.717) is 6.54 Å². The van der Waals surface area contributed by atoms with Gasteiger partial charge in [0.2, 0.25) is 0 Å². The van der Waals surface area contributed by atoms with Crippen LogP contribution in [0, 0.1) is 0 Å². The van der Waals surface area contributed by atoms with Crippen molar-refractivity contribution >= 4 is 16.8 Å². The van der Waals surface area contributed by atoms with Crippen molar-refractivity contribution in [3.63, 3.8) is 0 Å². The van der Waals surface area contributed by atoms with Gasteiger partial charge in [0.1, 0.15) is 0 Å². The number of allylic oxidation sites excluding steroid dienone is 3. The molecule has 0 unspecified atom stereocenters. The molecule has 4 nitrogen and oxygen atoms in total. The Balaban J connectivity index is 1.28. The van der Waals surface area contributed by atoms with Crippen LogP contribution in [0.25, 0.3) is 10.9 Å². The van der Waals surface area contributed by atoms with Crippen LogP contribution in [0.1, 0.15) is 27.0 Å². The number of hydrogen-bond donors (Lipinski definition) is 2. The van der Waals surface area contributed by atoms with E-state index in [4.69, 9.17) is 0 Å². The number of carbonyl (C=O) groups excluding carboxylic acids is 1. The fourth-order valence-electron chi connectivity index (χ4n) is 4.07. The SMILES string of the molecule is O=C(NCc1c[nH]c2ccccc12)c1ccc2c(c1)CCN(C1=CC=C1)CC2. The second-order valence-corrected chi connectivity index (χ2v) is 7.46. The molecular formula is C24H23N3O. The van der Waals surface area contributed by atoms with Crippen molar-refractivity contribution in [1.82, 2.24) is 15.2 Å². The van der Waals surface area contributed by atoms with Crippen LogP contribution in [0.2, 0.25) is 0 Å². The summed E-state index contributed by atoms with van der Waals surface area (Å²) in [5.74, 6) is -0.0150. The Bertz CT molecular complexity index is 1110. The van der Waals surface area contributed by atoms with Crippen LogP contribution in [-0.2, 0) is 19.4 Å². The summed E-state index contributed by atoms with van der Waals surface area (Å²) in [5.41, 5.74) is 6.93. The van der Waals surface area contributed by atoms with Gasteiger partial charge in [-0.15, -0.1) is 0 Å². The molecule has 2 aliphatic rings. The van der Waals surface area contributed by atoms with E-state index in [1.54, 1.807) is 0 Å². The van der Waals surface area contributed by atoms with E-state index in [1.165, 1.54) is 16.8 Å². The standard InChI is InChI=1S/C24H23N3O/c28-24(26-16-20-15-25-23-7-2-1-6-22(20)23)19-9-8-17-10-12-27(21-4-3-5-21)13-11-18(17)14-19/h1-9,14-15,25H,10-13,16H2,(H,26,28). The first kappa shape index (κ1) is 16.9. The topological polar surface area (TPSA) is 48.1 Å². The number of amides is 1. The van der Waals surface area contributed by atoms with Gasteiger partial charge in [0.05, 0.1) is 0 Å². The van der Waals surface area contributed by atoms with Gasteiger partial charge in [-0.1, -0.05) is 30.3 Å². The zero-order valence-corrected chi connectivity index (χ0v) is 15.7. The highest BCUT2D eigenvalue weighted by molar-refractivity contribution is 5.94. The number of aromatic amines is 1. The maximum Gasteiger partial charge on any atom is 0.251 e. The van der Waals surface area contributed by atoms with Crippen LogP contribution in [0.15, 0.2) is 72.6 Å². The summed E-state index contributed by atoms with van der Waals surface area (Å²) in [6.07, 6.45) is 10.4. The van der Waals surface area contributed by atoms with Gasteiger partial charge in [-0.3, -0.25) is 4.79 Å². The molecule has 0 spiro atoms.